The number of nitrogens with zero attached hydrogens (tertiary/aromatic N) is 7. The summed E-state index contributed by atoms with van der Waals surface area (Å²) < 4.78 is 1.79. The highest BCUT2D eigenvalue weighted by Crippen LogP contribution is 2.21. The van der Waals surface area contributed by atoms with Gasteiger partial charge in [0.25, 0.3) is 0 Å². The van der Waals surface area contributed by atoms with Gasteiger partial charge in [0.2, 0.25) is 5.91 Å². The van der Waals surface area contributed by atoms with Crippen molar-refractivity contribution in [1.82, 2.24) is 24.3 Å². The molecule has 0 bridgehead atoms. The summed E-state index contributed by atoms with van der Waals surface area (Å²) in [5, 5.41) is 21.3. The fraction of sp³-hybridized carbons (Fsp3) is 0.300. The summed E-state index contributed by atoms with van der Waals surface area (Å²) >= 11 is 0. The van der Waals surface area contributed by atoms with Crippen molar-refractivity contribution in [1.29, 1.82) is 10.5 Å². The van der Waals surface area contributed by atoms with Crippen molar-refractivity contribution in [3.05, 3.63) is 42.4 Å². The van der Waals surface area contributed by atoms with Crippen molar-refractivity contribution in [2.24, 2.45) is 0 Å². The fourth-order valence-electron chi connectivity index (χ4n) is 3.48. The Bertz CT molecular complexity index is 1140. The minimum Gasteiger partial charge on any atom is -0.365 e. The number of nitriles is 2. The van der Waals surface area contributed by atoms with Gasteiger partial charge in [0.1, 0.15) is 29.6 Å². The van der Waals surface area contributed by atoms with E-state index in [9.17, 15) is 4.79 Å². The third kappa shape index (κ3) is 3.85. The third-order valence-electron chi connectivity index (χ3n) is 4.88. The first-order valence-corrected chi connectivity index (χ1v) is 9.30. The van der Waals surface area contributed by atoms with Crippen LogP contribution in [0.3, 0.4) is 0 Å². The van der Waals surface area contributed by atoms with E-state index in [1.807, 2.05) is 6.07 Å². The number of nitrogens with one attached hydrogen (secondary N) is 1. The topological polar surface area (TPSA) is 123 Å². The van der Waals surface area contributed by atoms with Crippen LogP contribution < -0.4 is 5.32 Å². The summed E-state index contributed by atoms with van der Waals surface area (Å²) in [4.78, 5) is 27.0. The highest BCUT2D eigenvalue weighted by molar-refractivity contribution is 5.78. The second-order valence-corrected chi connectivity index (χ2v) is 6.82. The first-order chi connectivity index (χ1) is 14.2. The molecule has 9 nitrogen and oxygen atoms in total. The zero-order chi connectivity index (χ0) is 20.2. The minimum absolute atomic E-state index is 0.0570. The lowest BCUT2D eigenvalue weighted by Gasteiger charge is -2.33. The molecule has 1 aliphatic heterocycles. The molecule has 144 valence electrons. The Kier molecular flexibility index (Phi) is 5.04. The maximum absolute atomic E-state index is 12.0. The van der Waals surface area contributed by atoms with Gasteiger partial charge < -0.3 is 10.2 Å². The number of carbonyl (C=O) groups excluding carboxylic acids is 1. The Balaban J connectivity index is 1.55. The molecule has 0 unspecified atom stereocenters. The summed E-state index contributed by atoms with van der Waals surface area (Å²) in [5.74, 6) is 1.01. The van der Waals surface area contributed by atoms with Crippen LogP contribution in [0.25, 0.3) is 17.2 Å². The highest BCUT2D eigenvalue weighted by Gasteiger charge is 2.23. The van der Waals surface area contributed by atoms with E-state index in [1.165, 1.54) is 0 Å². The van der Waals surface area contributed by atoms with Crippen molar-refractivity contribution < 1.29 is 4.79 Å². The quantitative estimate of drug-likeness (QED) is 0.727. The number of anilines is 1. The van der Waals surface area contributed by atoms with Crippen LogP contribution >= 0.6 is 0 Å². The molecule has 29 heavy (non-hydrogen) atoms. The molecule has 0 saturated carbocycles. The molecule has 4 heterocycles. The number of imidazole rings is 1. The molecule has 0 aromatic carbocycles. The minimum atomic E-state index is -0.138. The molecule has 0 spiro atoms. The van der Waals surface area contributed by atoms with Crippen molar-refractivity contribution in [3.8, 4) is 23.7 Å². The molecule has 0 radical (unpaired) electrons. The molecule has 0 aliphatic carbocycles. The van der Waals surface area contributed by atoms with Crippen LogP contribution in [0, 0.1) is 22.7 Å². The van der Waals surface area contributed by atoms with Crippen molar-refractivity contribution in [3.63, 3.8) is 0 Å². The van der Waals surface area contributed by atoms with Crippen LogP contribution in [0.5, 0.6) is 0 Å². The Morgan fingerprint density at radius 1 is 1.28 bits per heavy atom. The number of fused-ring (bicyclic) bond motifs is 1. The van der Waals surface area contributed by atoms with E-state index in [0.717, 1.165) is 12.8 Å². The van der Waals surface area contributed by atoms with Gasteiger partial charge in [-0.15, -0.1) is 0 Å². The molecule has 1 fully saturated rings. The second-order valence-electron chi connectivity index (χ2n) is 6.82. The molecule has 4 rings (SSSR count). The second kappa shape index (κ2) is 7.95. The average molecular weight is 386 g/mol. The Morgan fingerprint density at radius 3 is 3.00 bits per heavy atom. The number of pyridine rings is 1. The number of rotatable bonds is 4. The van der Waals surface area contributed by atoms with E-state index in [1.54, 1.807) is 46.1 Å². The van der Waals surface area contributed by atoms with Gasteiger partial charge in [-0.1, -0.05) is 0 Å². The highest BCUT2D eigenvalue weighted by atomic mass is 16.2. The third-order valence-corrected chi connectivity index (χ3v) is 4.88. The van der Waals surface area contributed by atoms with E-state index in [0.29, 0.717) is 41.6 Å². The summed E-state index contributed by atoms with van der Waals surface area (Å²) in [6.45, 7) is 1.22. The zero-order valence-corrected chi connectivity index (χ0v) is 15.6. The van der Waals surface area contributed by atoms with Crippen LogP contribution in [0.2, 0.25) is 0 Å². The molecule has 1 amide bonds. The number of likely N-dealkylation sites (tertiary alicyclic amines) is 1. The number of carbonyl (C=O) groups is 1. The molecular weight excluding hydrogens is 368 g/mol. The predicted octanol–water partition coefficient (Wildman–Crippen LogP) is 1.98. The molecule has 3 aromatic rings. The van der Waals surface area contributed by atoms with E-state index in [-0.39, 0.29) is 18.4 Å². The molecule has 9 heteroatoms. The lowest BCUT2D eigenvalue weighted by molar-refractivity contribution is -0.131. The van der Waals surface area contributed by atoms with Crippen LogP contribution in [0.4, 0.5) is 5.82 Å². The van der Waals surface area contributed by atoms with Gasteiger partial charge in [-0.25, -0.2) is 15.0 Å². The predicted molar refractivity (Wildman–Crippen MR) is 104 cm³/mol. The van der Waals surface area contributed by atoms with Crippen molar-refractivity contribution >= 4 is 17.4 Å². The van der Waals surface area contributed by atoms with E-state index in [2.05, 4.69) is 26.3 Å². The van der Waals surface area contributed by atoms with Crippen LogP contribution in [-0.2, 0) is 4.79 Å². The normalized spacial score (nSPS) is 16.2. The Morgan fingerprint density at radius 2 is 2.17 bits per heavy atom. The maximum Gasteiger partial charge on any atom is 0.236 e. The fourth-order valence-corrected chi connectivity index (χ4v) is 3.48. The van der Waals surface area contributed by atoms with Gasteiger partial charge >= 0.3 is 0 Å². The SMILES string of the molecule is N#CCC(=O)N1CCC[C@@H](Nc2ccnc(-c3cnc4ccc(C#N)cn34)n2)C1. The van der Waals surface area contributed by atoms with Gasteiger partial charge in [0.05, 0.1) is 17.8 Å². The first-order valence-electron chi connectivity index (χ1n) is 9.30. The Hall–Kier alpha value is -3.98. The summed E-state index contributed by atoms with van der Waals surface area (Å²) in [6.07, 6.45) is 6.75. The van der Waals surface area contributed by atoms with Crippen molar-refractivity contribution in [2.75, 3.05) is 18.4 Å². The largest absolute Gasteiger partial charge is 0.365 e. The number of hydrogen-bond donors (Lipinski definition) is 1. The number of aromatic nitrogens is 4. The van der Waals surface area contributed by atoms with E-state index in [4.69, 9.17) is 10.5 Å². The molecular formula is C20H18N8O. The lowest BCUT2D eigenvalue weighted by atomic mass is 10.1. The summed E-state index contributed by atoms with van der Waals surface area (Å²) in [7, 11) is 0. The number of piperidine rings is 1. The molecule has 1 aliphatic rings. The number of hydrogen-bond acceptors (Lipinski definition) is 7. The first kappa shape index (κ1) is 18.4. The molecule has 1 atom stereocenters. The summed E-state index contributed by atoms with van der Waals surface area (Å²) in [6, 6.07) is 9.37. The zero-order valence-electron chi connectivity index (χ0n) is 15.6. The van der Waals surface area contributed by atoms with E-state index >= 15 is 0 Å². The van der Waals surface area contributed by atoms with Gasteiger partial charge in [-0.2, -0.15) is 10.5 Å². The smallest absolute Gasteiger partial charge is 0.236 e. The number of amides is 1. The van der Waals surface area contributed by atoms with Gasteiger partial charge in [0.15, 0.2) is 5.82 Å². The van der Waals surface area contributed by atoms with Crippen LogP contribution in [-0.4, -0.2) is 49.3 Å². The van der Waals surface area contributed by atoms with Gasteiger partial charge in [-0.3, -0.25) is 9.20 Å². The van der Waals surface area contributed by atoms with Gasteiger partial charge in [-0.05, 0) is 31.0 Å². The summed E-state index contributed by atoms with van der Waals surface area (Å²) in [5.41, 5.74) is 1.92. The molecule has 1 N–H and O–H groups in total. The lowest BCUT2D eigenvalue weighted by Crippen LogP contribution is -2.45. The Labute approximate surface area is 167 Å². The van der Waals surface area contributed by atoms with E-state index < -0.39 is 0 Å². The van der Waals surface area contributed by atoms with Crippen LogP contribution in [0.15, 0.2) is 36.8 Å². The van der Waals surface area contributed by atoms with Crippen molar-refractivity contribution in [2.45, 2.75) is 25.3 Å². The monoisotopic (exact) mass is 386 g/mol. The van der Waals surface area contributed by atoms with Gasteiger partial charge in [0, 0.05) is 31.5 Å². The maximum atomic E-state index is 12.0. The molecule has 3 aromatic heterocycles. The average Bonchev–Trinajstić information content (AvgIpc) is 3.17. The standard InChI is InChI=1S/C20H18N8O/c21-7-5-19(29)27-9-1-2-15(13-27)25-17-6-8-23-20(26-17)16-11-24-18-4-3-14(10-22)12-28(16)18/h3-4,6,8,11-12,15H,1-2,5,9,13H2,(H,23,25,26)/t15-/m1/s1. The molecule has 1 saturated heterocycles. The van der Waals surface area contributed by atoms with Crippen LogP contribution in [0.1, 0.15) is 24.8 Å².